The van der Waals surface area contributed by atoms with Crippen LogP contribution in [-0.4, -0.2) is 22.9 Å². The van der Waals surface area contributed by atoms with Crippen LogP contribution in [0.5, 0.6) is 5.75 Å². The standard InChI is InChI=1S/C13H10ClN3O4/c1-21-9-3-4-11(17(19)20)10(6-9)13(18)16-8-2-5-12(14)15-7-8/h2-7H,1H3,(H,16,18). The van der Waals surface area contributed by atoms with Gasteiger partial charge in [0.15, 0.2) is 0 Å². The summed E-state index contributed by atoms with van der Waals surface area (Å²) < 4.78 is 4.97. The number of nitro benzene ring substituents is 1. The number of aromatic nitrogens is 1. The Hall–Kier alpha value is -2.67. The zero-order valence-corrected chi connectivity index (χ0v) is 11.6. The van der Waals surface area contributed by atoms with Crippen molar-refractivity contribution in [2.24, 2.45) is 0 Å². The number of nitrogens with one attached hydrogen (secondary N) is 1. The molecule has 2 rings (SSSR count). The number of rotatable bonds is 4. The quantitative estimate of drug-likeness (QED) is 0.532. The Morgan fingerprint density at radius 1 is 1.38 bits per heavy atom. The Morgan fingerprint density at radius 2 is 2.14 bits per heavy atom. The van der Waals surface area contributed by atoms with E-state index in [1.165, 1.54) is 37.6 Å². The molecular formula is C13H10ClN3O4. The lowest BCUT2D eigenvalue weighted by Gasteiger charge is -2.07. The summed E-state index contributed by atoms with van der Waals surface area (Å²) in [6, 6.07) is 6.97. The van der Waals surface area contributed by atoms with E-state index in [9.17, 15) is 14.9 Å². The second-order valence-electron chi connectivity index (χ2n) is 3.96. The molecule has 0 fully saturated rings. The van der Waals surface area contributed by atoms with Crippen molar-refractivity contribution in [1.29, 1.82) is 0 Å². The highest BCUT2D eigenvalue weighted by Gasteiger charge is 2.21. The molecule has 0 radical (unpaired) electrons. The maximum Gasteiger partial charge on any atom is 0.282 e. The van der Waals surface area contributed by atoms with Crippen molar-refractivity contribution < 1.29 is 14.5 Å². The first-order valence-electron chi connectivity index (χ1n) is 5.76. The predicted octanol–water partition coefficient (Wildman–Crippen LogP) is 2.90. The van der Waals surface area contributed by atoms with E-state index in [1.807, 2.05) is 0 Å². The van der Waals surface area contributed by atoms with Gasteiger partial charge >= 0.3 is 0 Å². The fourth-order valence-electron chi connectivity index (χ4n) is 1.63. The number of anilines is 1. The van der Waals surface area contributed by atoms with Gasteiger partial charge in [0.2, 0.25) is 0 Å². The number of nitro groups is 1. The molecular weight excluding hydrogens is 298 g/mol. The minimum absolute atomic E-state index is 0.102. The molecule has 0 spiro atoms. The lowest BCUT2D eigenvalue weighted by Crippen LogP contribution is -2.14. The molecule has 0 aliphatic rings. The molecule has 0 atom stereocenters. The Kier molecular flexibility index (Phi) is 4.34. The number of methoxy groups -OCH3 is 1. The Morgan fingerprint density at radius 3 is 2.71 bits per heavy atom. The van der Waals surface area contributed by atoms with Crippen LogP contribution >= 0.6 is 11.6 Å². The molecule has 0 bridgehead atoms. The maximum absolute atomic E-state index is 12.2. The van der Waals surface area contributed by atoms with Crippen molar-refractivity contribution in [2.45, 2.75) is 0 Å². The molecule has 8 heteroatoms. The SMILES string of the molecule is COc1ccc([N+](=O)[O-])c(C(=O)Nc2ccc(Cl)nc2)c1. The summed E-state index contributed by atoms with van der Waals surface area (Å²) >= 11 is 5.64. The van der Waals surface area contributed by atoms with Crippen LogP contribution in [0, 0.1) is 10.1 Å². The van der Waals surface area contributed by atoms with Gasteiger partial charge in [-0.25, -0.2) is 4.98 Å². The van der Waals surface area contributed by atoms with E-state index in [4.69, 9.17) is 16.3 Å². The fourth-order valence-corrected chi connectivity index (χ4v) is 1.74. The minimum Gasteiger partial charge on any atom is -0.497 e. The zero-order chi connectivity index (χ0) is 15.4. The summed E-state index contributed by atoms with van der Waals surface area (Å²) in [5.74, 6) is -0.287. The van der Waals surface area contributed by atoms with E-state index in [2.05, 4.69) is 10.3 Å². The topological polar surface area (TPSA) is 94.4 Å². The van der Waals surface area contributed by atoms with Crippen LogP contribution in [0.15, 0.2) is 36.5 Å². The lowest BCUT2D eigenvalue weighted by atomic mass is 10.1. The van der Waals surface area contributed by atoms with Gasteiger partial charge in [-0.2, -0.15) is 0 Å². The lowest BCUT2D eigenvalue weighted by molar-refractivity contribution is -0.385. The van der Waals surface area contributed by atoms with E-state index in [-0.39, 0.29) is 16.4 Å². The number of hydrogen-bond donors (Lipinski definition) is 1. The summed E-state index contributed by atoms with van der Waals surface area (Å²) in [7, 11) is 1.41. The molecule has 0 aliphatic carbocycles. The molecule has 1 heterocycles. The van der Waals surface area contributed by atoms with Gasteiger partial charge in [0.05, 0.1) is 23.9 Å². The number of ether oxygens (including phenoxy) is 1. The summed E-state index contributed by atoms with van der Waals surface area (Å²) in [5, 5.41) is 13.8. The molecule has 1 aromatic carbocycles. The number of nitrogens with zero attached hydrogens (tertiary/aromatic N) is 2. The highest BCUT2D eigenvalue weighted by molar-refractivity contribution is 6.29. The minimum atomic E-state index is -0.635. The van der Waals surface area contributed by atoms with Crippen molar-refractivity contribution in [1.82, 2.24) is 4.98 Å². The average molecular weight is 308 g/mol. The Balaban J connectivity index is 2.33. The third-order valence-electron chi connectivity index (χ3n) is 2.63. The predicted molar refractivity (Wildman–Crippen MR) is 76.8 cm³/mol. The third-order valence-corrected chi connectivity index (χ3v) is 2.85. The summed E-state index contributed by atoms with van der Waals surface area (Å²) in [5.41, 5.74) is -0.0361. The van der Waals surface area contributed by atoms with Gasteiger partial charge in [0.25, 0.3) is 11.6 Å². The monoisotopic (exact) mass is 307 g/mol. The van der Waals surface area contributed by atoms with E-state index in [0.29, 0.717) is 11.4 Å². The van der Waals surface area contributed by atoms with Gasteiger partial charge in [0, 0.05) is 6.07 Å². The Bertz CT molecular complexity index is 688. The molecule has 0 unspecified atom stereocenters. The normalized spacial score (nSPS) is 10.0. The third kappa shape index (κ3) is 3.46. The first-order valence-corrected chi connectivity index (χ1v) is 6.14. The van der Waals surface area contributed by atoms with Crippen LogP contribution in [0.25, 0.3) is 0 Å². The van der Waals surface area contributed by atoms with Gasteiger partial charge in [-0.3, -0.25) is 14.9 Å². The molecule has 108 valence electrons. The van der Waals surface area contributed by atoms with Crippen LogP contribution in [0.2, 0.25) is 5.15 Å². The van der Waals surface area contributed by atoms with E-state index < -0.39 is 10.8 Å². The second-order valence-corrected chi connectivity index (χ2v) is 4.35. The number of carbonyl (C=O) groups is 1. The van der Waals surface area contributed by atoms with Crippen molar-refractivity contribution in [3.05, 3.63) is 57.4 Å². The zero-order valence-electron chi connectivity index (χ0n) is 10.9. The number of halogens is 1. The van der Waals surface area contributed by atoms with Gasteiger partial charge < -0.3 is 10.1 Å². The molecule has 0 saturated carbocycles. The maximum atomic E-state index is 12.2. The largest absolute Gasteiger partial charge is 0.497 e. The summed E-state index contributed by atoms with van der Waals surface area (Å²) in [6.07, 6.45) is 1.35. The highest BCUT2D eigenvalue weighted by Crippen LogP contribution is 2.25. The van der Waals surface area contributed by atoms with E-state index in [0.717, 1.165) is 0 Å². The number of amides is 1. The summed E-state index contributed by atoms with van der Waals surface area (Å²) in [4.78, 5) is 26.3. The van der Waals surface area contributed by atoms with Gasteiger partial charge in [-0.05, 0) is 24.3 Å². The van der Waals surface area contributed by atoms with Crippen LogP contribution in [-0.2, 0) is 0 Å². The first-order chi connectivity index (χ1) is 10.0. The number of carbonyl (C=O) groups excluding carboxylic acids is 1. The summed E-state index contributed by atoms with van der Waals surface area (Å²) in [6.45, 7) is 0. The highest BCUT2D eigenvalue weighted by atomic mass is 35.5. The molecule has 7 nitrogen and oxygen atoms in total. The van der Waals surface area contributed by atoms with Gasteiger partial charge in [-0.15, -0.1) is 0 Å². The fraction of sp³-hybridized carbons (Fsp3) is 0.0769. The molecule has 0 saturated heterocycles. The van der Waals surface area contributed by atoms with E-state index >= 15 is 0 Å². The van der Waals surface area contributed by atoms with Crippen LogP contribution < -0.4 is 10.1 Å². The first kappa shape index (κ1) is 14.7. The molecule has 1 amide bonds. The molecule has 1 aromatic heterocycles. The number of pyridine rings is 1. The smallest absolute Gasteiger partial charge is 0.282 e. The molecule has 1 N–H and O–H groups in total. The van der Waals surface area contributed by atoms with Crippen LogP contribution in [0.3, 0.4) is 0 Å². The second kappa shape index (κ2) is 6.19. The Labute approximate surface area is 124 Å². The number of hydrogen-bond acceptors (Lipinski definition) is 5. The van der Waals surface area contributed by atoms with Crippen molar-refractivity contribution in [3.8, 4) is 5.75 Å². The average Bonchev–Trinajstić information content (AvgIpc) is 2.48. The van der Waals surface area contributed by atoms with Crippen molar-refractivity contribution >= 4 is 28.9 Å². The van der Waals surface area contributed by atoms with Crippen LogP contribution in [0.4, 0.5) is 11.4 Å². The molecule has 21 heavy (non-hydrogen) atoms. The van der Waals surface area contributed by atoms with Crippen molar-refractivity contribution in [3.63, 3.8) is 0 Å². The van der Waals surface area contributed by atoms with Gasteiger partial charge in [-0.1, -0.05) is 11.6 Å². The van der Waals surface area contributed by atoms with Gasteiger partial charge in [0.1, 0.15) is 16.5 Å². The molecule has 2 aromatic rings. The van der Waals surface area contributed by atoms with Crippen LogP contribution in [0.1, 0.15) is 10.4 Å². The van der Waals surface area contributed by atoms with Crippen molar-refractivity contribution in [2.75, 3.05) is 12.4 Å². The molecule has 0 aliphatic heterocycles. The van der Waals surface area contributed by atoms with E-state index in [1.54, 1.807) is 6.07 Å². The number of benzene rings is 1.